The van der Waals surface area contributed by atoms with Crippen LogP contribution in [-0.4, -0.2) is 50.4 Å². The first-order valence-electron chi connectivity index (χ1n) is 14.1. The largest absolute Gasteiger partial charge is 0.507 e. The third kappa shape index (κ3) is 7.42. The summed E-state index contributed by atoms with van der Waals surface area (Å²) in [4.78, 5) is 3.65. The van der Waals surface area contributed by atoms with E-state index in [1.54, 1.807) is 6.07 Å². The van der Waals surface area contributed by atoms with E-state index in [0.717, 1.165) is 67.1 Å². The molecule has 0 saturated carbocycles. The van der Waals surface area contributed by atoms with Gasteiger partial charge in [-0.1, -0.05) is 39.5 Å². The molecule has 4 rings (SSSR count). The summed E-state index contributed by atoms with van der Waals surface area (Å²) in [6.45, 7) is 8.05. The van der Waals surface area contributed by atoms with Crippen LogP contribution >= 0.6 is 11.3 Å². The van der Waals surface area contributed by atoms with Crippen LogP contribution in [0.1, 0.15) is 70.1 Å². The first kappa shape index (κ1) is 28.7. The highest BCUT2D eigenvalue weighted by Gasteiger charge is 2.23. The van der Waals surface area contributed by atoms with Gasteiger partial charge in [0.15, 0.2) is 15.6 Å². The van der Waals surface area contributed by atoms with Crippen LogP contribution < -0.4 is 9.47 Å². The first-order valence-corrected chi connectivity index (χ1v) is 16.5. The highest BCUT2D eigenvalue weighted by Crippen LogP contribution is 2.46. The topological polar surface area (TPSA) is 76.1 Å². The lowest BCUT2D eigenvalue weighted by Crippen LogP contribution is -2.33. The maximum Gasteiger partial charge on any atom is 0.178 e. The van der Waals surface area contributed by atoms with E-state index in [0.29, 0.717) is 29.9 Å². The maximum atomic E-state index is 12.8. The van der Waals surface area contributed by atoms with Crippen LogP contribution in [0.2, 0.25) is 0 Å². The number of ether oxygens (including phenoxy) is 2. The molecule has 208 valence electrons. The van der Waals surface area contributed by atoms with Crippen molar-refractivity contribution in [2.75, 3.05) is 32.0 Å². The van der Waals surface area contributed by atoms with Gasteiger partial charge >= 0.3 is 0 Å². The van der Waals surface area contributed by atoms with E-state index in [9.17, 15) is 13.5 Å². The highest BCUT2D eigenvalue weighted by molar-refractivity contribution is 7.91. The summed E-state index contributed by atoms with van der Waals surface area (Å²) in [5.41, 5.74) is 0. The Balaban J connectivity index is 1.53. The summed E-state index contributed by atoms with van der Waals surface area (Å²) >= 11 is 1.51. The molecule has 0 unspecified atom stereocenters. The Bertz CT molecular complexity index is 1280. The number of rotatable bonds is 14. The lowest BCUT2D eigenvalue weighted by molar-refractivity contribution is 0.183. The number of aromatic hydroxyl groups is 1. The Morgan fingerprint density at radius 1 is 0.947 bits per heavy atom. The van der Waals surface area contributed by atoms with Gasteiger partial charge in [0.1, 0.15) is 23.9 Å². The molecule has 0 atom stereocenters. The van der Waals surface area contributed by atoms with Crippen LogP contribution in [0.5, 0.6) is 23.0 Å². The minimum absolute atomic E-state index is 0.0526. The highest BCUT2D eigenvalue weighted by atomic mass is 32.2. The molecule has 1 aromatic heterocycles. The molecule has 2 heterocycles. The first-order chi connectivity index (χ1) is 18.4. The second-order valence-corrected chi connectivity index (χ2v) is 13.4. The fraction of sp³-hybridized carbons (Fsp3) is 0.533. The van der Waals surface area contributed by atoms with E-state index in [1.807, 2.05) is 31.2 Å². The van der Waals surface area contributed by atoms with E-state index in [-0.39, 0.29) is 16.4 Å². The third-order valence-electron chi connectivity index (χ3n) is 7.07. The van der Waals surface area contributed by atoms with Crippen molar-refractivity contribution >= 4 is 31.3 Å². The standard InChI is InChI=1S/C30H41NO5S2/c1-3-5-8-11-27-30(29-26(32)21-25(22-28(29)37-27)38(33,34)20-6-4-2)36-24-14-12-23(13-15-24)35-19-18-31-16-9-7-10-17-31/h12-15,21-22,32H,3-11,16-20H2,1-2H3. The van der Waals surface area contributed by atoms with Crippen molar-refractivity contribution in [2.24, 2.45) is 0 Å². The molecule has 8 heteroatoms. The Kier molecular flexibility index (Phi) is 10.3. The SMILES string of the molecule is CCCCCc1sc2cc(S(=O)(=O)CCCC)cc(O)c2c1Oc1ccc(OCCN2CCCCC2)cc1. The Morgan fingerprint density at radius 3 is 2.37 bits per heavy atom. The molecule has 1 aliphatic rings. The van der Waals surface area contributed by atoms with E-state index in [1.165, 1.54) is 36.7 Å². The van der Waals surface area contributed by atoms with Crippen molar-refractivity contribution in [3.63, 3.8) is 0 Å². The summed E-state index contributed by atoms with van der Waals surface area (Å²) in [5.74, 6) is 2.11. The Labute approximate surface area is 231 Å². The van der Waals surface area contributed by atoms with Gasteiger partial charge in [0.2, 0.25) is 0 Å². The summed E-state index contributed by atoms with van der Waals surface area (Å²) in [6, 6.07) is 10.7. The number of aryl methyl sites for hydroxylation is 1. The second-order valence-electron chi connectivity index (χ2n) is 10.1. The number of benzene rings is 2. The Hall–Kier alpha value is -2.29. The van der Waals surface area contributed by atoms with Crippen molar-refractivity contribution in [3.05, 3.63) is 41.3 Å². The maximum absolute atomic E-state index is 12.8. The molecular formula is C30H41NO5S2. The number of phenolic OH excluding ortho intramolecular Hbond substituents is 1. The van der Waals surface area contributed by atoms with Crippen molar-refractivity contribution < 1.29 is 23.0 Å². The van der Waals surface area contributed by atoms with Crippen LogP contribution in [0.3, 0.4) is 0 Å². The number of likely N-dealkylation sites (tertiary alicyclic amines) is 1. The van der Waals surface area contributed by atoms with Gasteiger partial charge in [-0.15, -0.1) is 11.3 Å². The fourth-order valence-corrected chi connectivity index (χ4v) is 7.64. The number of hydrogen-bond acceptors (Lipinski definition) is 7. The number of hydrogen-bond donors (Lipinski definition) is 1. The zero-order valence-corrected chi connectivity index (χ0v) is 24.3. The van der Waals surface area contributed by atoms with Crippen LogP contribution in [0.15, 0.2) is 41.3 Å². The predicted octanol–water partition coefficient (Wildman–Crippen LogP) is 7.57. The van der Waals surface area contributed by atoms with Crippen molar-refractivity contribution in [3.8, 4) is 23.0 Å². The molecule has 2 aromatic carbocycles. The van der Waals surface area contributed by atoms with E-state index >= 15 is 0 Å². The van der Waals surface area contributed by atoms with E-state index in [4.69, 9.17) is 9.47 Å². The molecule has 3 aromatic rings. The average Bonchev–Trinajstić information content (AvgIpc) is 3.26. The van der Waals surface area contributed by atoms with Crippen molar-refractivity contribution in [1.82, 2.24) is 4.90 Å². The molecule has 0 aliphatic carbocycles. The molecule has 0 radical (unpaired) electrons. The van der Waals surface area contributed by atoms with Gasteiger partial charge in [0.25, 0.3) is 0 Å². The molecule has 0 amide bonds. The fourth-order valence-electron chi connectivity index (χ4n) is 4.84. The molecule has 0 spiro atoms. The molecule has 6 nitrogen and oxygen atoms in total. The number of piperidine rings is 1. The summed E-state index contributed by atoms with van der Waals surface area (Å²) in [7, 11) is -3.45. The van der Waals surface area contributed by atoms with Gasteiger partial charge in [-0.05, 0) is 81.6 Å². The van der Waals surface area contributed by atoms with E-state index < -0.39 is 9.84 Å². The van der Waals surface area contributed by atoms with Crippen molar-refractivity contribution in [1.29, 1.82) is 0 Å². The molecule has 38 heavy (non-hydrogen) atoms. The zero-order chi connectivity index (χ0) is 27.0. The van der Waals surface area contributed by atoms with Gasteiger partial charge < -0.3 is 14.6 Å². The van der Waals surface area contributed by atoms with Crippen LogP contribution in [0.25, 0.3) is 10.1 Å². The molecule has 0 bridgehead atoms. The number of unbranched alkanes of at least 4 members (excludes halogenated alkanes) is 3. The molecule has 1 saturated heterocycles. The van der Waals surface area contributed by atoms with E-state index in [2.05, 4.69) is 11.8 Å². The van der Waals surface area contributed by atoms with Crippen LogP contribution in [0.4, 0.5) is 0 Å². The molecule has 1 fully saturated rings. The van der Waals surface area contributed by atoms with Crippen LogP contribution in [0, 0.1) is 0 Å². The van der Waals surface area contributed by atoms with Gasteiger partial charge in [-0.25, -0.2) is 8.42 Å². The van der Waals surface area contributed by atoms with Gasteiger partial charge in [0, 0.05) is 16.1 Å². The van der Waals surface area contributed by atoms with Gasteiger partial charge in [-0.2, -0.15) is 0 Å². The Morgan fingerprint density at radius 2 is 1.66 bits per heavy atom. The smallest absolute Gasteiger partial charge is 0.178 e. The predicted molar refractivity (Wildman–Crippen MR) is 156 cm³/mol. The lowest BCUT2D eigenvalue weighted by Gasteiger charge is -2.26. The summed E-state index contributed by atoms with van der Waals surface area (Å²) in [6.07, 6.45) is 9.29. The van der Waals surface area contributed by atoms with Crippen LogP contribution in [-0.2, 0) is 16.3 Å². The second kappa shape index (κ2) is 13.7. The lowest BCUT2D eigenvalue weighted by atomic mass is 10.1. The number of phenols is 1. The summed E-state index contributed by atoms with van der Waals surface area (Å²) in [5, 5.41) is 11.6. The monoisotopic (exact) mass is 559 g/mol. The average molecular weight is 560 g/mol. The molecule has 1 N–H and O–H groups in total. The zero-order valence-electron chi connectivity index (χ0n) is 22.7. The van der Waals surface area contributed by atoms with Crippen molar-refractivity contribution in [2.45, 2.75) is 76.5 Å². The van der Waals surface area contributed by atoms with Gasteiger partial charge in [0.05, 0.1) is 16.0 Å². The number of nitrogens with zero attached hydrogens (tertiary/aromatic N) is 1. The quantitative estimate of drug-likeness (QED) is 0.205. The third-order valence-corrected chi connectivity index (χ3v) is 10.0. The summed E-state index contributed by atoms with van der Waals surface area (Å²) < 4.78 is 38.7. The number of sulfone groups is 1. The minimum atomic E-state index is -3.45. The number of fused-ring (bicyclic) bond motifs is 1. The van der Waals surface area contributed by atoms with Gasteiger partial charge in [-0.3, -0.25) is 4.90 Å². The normalized spacial score (nSPS) is 14.7. The molecular weight excluding hydrogens is 518 g/mol. The minimum Gasteiger partial charge on any atom is -0.507 e. The molecule has 1 aliphatic heterocycles. The number of thiophene rings is 1.